The first-order valence-corrected chi connectivity index (χ1v) is 7.62. The van der Waals surface area contributed by atoms with Gasteiger partial charge in [-0.1, -0.05) is 48.0 Å². The van der Waals surface area contributed by atoms with Gasteiger partial charge in [-0.25, -0.2) is 8.93 Å². The fourth-order valence-electron chi connectivity index (χ4n) is 1.90. The predicted molar refractivity (Wildman–Crippen MR) is 81.8 cm³/mol. The summed E-state index contributed by atoms with van der Waals surface area (Å²) in [5.74, 6) is 0. The standard InChI is InChI=1S/C15H16N2O3S/c1-12-7-9-14(10-8-12)21(20)16-15(11-17(18)19)13-5-3-2-4-6-13/h2-10,15-16H,11H2,1H3/t15-,21+/m0/s1. The Morgan fingerprint density at radius 1 is 1.14 bits per heavy atom. The topological polar surface area (TPSA) is 72.2 Å². The van der Waals surface area contributed by atoms with E-state index in [9.17, 15) is 14.3 Å². The normalized spacial score (nSPS) is 13.6. The van der Waals surface area contributed by atoms with Crippen LogP contribution in [-0.4, -0.2) is 15.7 Å². The number of nitrogens with one attached hydrogen (secondary N) is 1. The van der Waals surface area contributed by atoms with Crippen LogP contribution in [0.3, 0.4) is 0 Å². The van der Waals surface area contributed by atoms with Crippen molar-refractivity contribution in [2.45, 2.75) is 17.9 Å². The van der Waals surface area contributed by atoms with Gasteiger partial charge in [0.2, 0.25) is 6.54 Å². The molecule has 2 atom stereocenters. The third-order valence-corrected chi connectivity index (χ3v) is 4.22. The summed E-state index contributed by atoms with van der Waals surface area (Å²) in [7, 11) is -1.49. The van der Waals surface area contributed by atoms with Gasteiger partial charge in [-0.3, -0.25) is 10.1 Å². The number of nitro groups is 1. The Hall–Kier alpha value is -2.05. The Morgan fingerprint density at radius 3 is 2.33 bits per heavy atom. The number of benzene rings is 2. The van der Waals surface area contributed by atoms with Crippen molar-refractivity contribution in [3.8, 4) is 0 Å². The molecule has 0 aliphatic carbocycles. The molecule has 0 bridgehead atoms. The molecule has 6 heteroatoms. The zero-order chi connectivity index (χ0) is 15.2. The van der Waals surface area contributed by atoms with E-state index in [2.05, 4.69) is 4.72 Å². The fourth-order valence-corrected chi connectivity index (χ4v) is 2.89. The smallest absolute Gasteiger partial charge is 0.224 e. The van der Waals surface area contributed by atoms with Crippen LogP contribution in [0.25, 0.3) is 0 Å². The molecule has 0 spiro atoms. The highest BCUT2D eigenvalue weighted by Crippen LogP contribution is 2.16. The largest absolute Gasteiger partial charge is 0.264 e. The first-order chi connectivity index (χ1) is 10.1. The van der Waals surface area contributed by atoms with E-state index in [4.69, 9.17) is 0 Å². The fraction of sp³-hybridized carbons (Fsp3) is 0.200. The van der Waals surface area contributed by atoms with Crippen molar-refractivity contribution in [3.63, 3.8) is 0 Å². The highest BCUT2D eigenvalue weighted by Gasteiger charge is 2.20. The van der Waals surface area contributed by atoms with Gasteiger partial charge >= 0.3 is 0 Å². The zero-order valence-corrected chi connectivity index (χ0v) is 12.4. The molecule has 2 rings (SSSR count). The molecule has 0 radical (unpaired) electrons. The van der Waals surface area contributed by atoms with Gasteiger partial charge < -0.3 is 0 Å². The molecule has 0 aliphatic rings. The van der Waals surface area contributed by atoms with E-state index in [1.54, 1.807) is 36.4 Å². The van der Waals surface area contributed by atoms with Crippen LogP contribution >= 0.6 is 0 Å². The Balaban J connectivity index is 2.17. The summed E-state index contributed by atoms with van der Waals surface area (Å²) < 4.78 is 15.1. The van der Waals surface area contributed by atoms with E-state index in [-0.39, 0.29) is 6.54 Å². The zero-order valence-electron chi connectivity index (χ0n) is 11.6. The van der Waals surface area contributed by atoms with Gasteiger partial charge in [0.15, 0.2) is 0 Å². The third-order valence-electron chi connectivity index (χ3n) is 3.02. The first-order valence-electron chi connectivity index (χ1n) is 6.47. The molecule has 1 N–H and O–H groups in total. The van der Waals surface area contributed by atoms with E-state index >= 15 is 0 Å². The summed E-state index contributed by atoms with van der Waals surface area (Å²) in [6.45, 7) is 1.63. The number of hydrogen-bond acceptors (Lipinski definition) is 3. The Labute approximate surface area is 125 Å². The van der Waals surface area contributed by atoms with Crippen molar-refractivity contribution in [3.05, 3.63) is 75.8 Å². The number of rotatable bonds is 6. The monoisotopic (exact) mass is 304 g/mol. The van der Waals surface area contributed by atoms with Gasteiger partial charge in [-0.15, -0.1) is 0 Å². The molecule has 0 unspecified atom stereocenters. The Bertz CT molecular complexity index is 629. The molecule has 0 saturated carbocycles. The van der Waals surface area contributed by atoms with Crippen molar-refractivity contribution >= 4 is 11.0 Å². The number of aryl methyl sites for hydroxylation is 1. The van der Waals surface area contributed by atoms with Crippen LogP contribution in [0.5, 0.6) is 0 Å². The highest BCUT2D eigenvalue weighted by molar-refractivity contribution is 7.83. The second-order valence-corrected chi connectivity index (χ2v) is 5.92. The summed E-state index contributed by atoms with van der Waals surface area (Å²) >= 11 is 0. The Morgan fingerprint density at radius 2 is 1.76 bits per heavy atom. The lowest BCUT2D eigenvalue weighted by Crippen LogP contribution is -2.29. The minimum atomic E-state index is -1.49. The van der Waals surface area contributed by atoms with Gasteiger partial charge in [0.25, 0.3) is 0 Å². The van der Waals surface area contributed by atoms with Crippen molar-refractivity contribution in [1.82, 2.24) is 4.72 Å². The average Bonchev–Trinajstić information content (AvgIpc) is 2.47. The first kappa shape index (κ1) is 15.3. The molecule has 0 fully saturated rings. The lowest BCUT2D eigenvalue weighted by Gasteiger charge is -2.14. The molecular formula is C15H16N2O3S. The van der Waals surface area contributed by atoms with Crippen molar-refractivity contribution < 1.29 is 9.13 Å². The van der Waals surface area contributed by atoms with Crippen molar-refractivity contribution in [2.75, 3.05) is 6.54 Å². The lowest BCUT2D eigenvalue weighted by molar-refractivity contribution is -0.483. The predicted octanol–water partition coefficient (Wildman–Crippen LogP) is 2.63. The van der Waals surface area contributed by atoms with E-state index in [1.165, 1.54) is 0 Å². The van der Waals surface area contributed by atoms with Crippen molar-refractivity contribution in [1.29, 1.82) is 0 Å². The van der Waals surface area contributed by atoms with Crippen LogP contribution in [0, 0.1) is 17.0 Å². The minimum absolute atomic E-state index is 0.318. The van der Waals surface area contributed by atoms with Crippen LogP contribution in [0.4, 0.5) is 0 Å². The Kier molecular flexibility index (Phi) is 5.19. The molecule has 0 heterocycles. The van der Waals surface area contributed by atoms with Crippen LogP contribution in [0.1, 0.15) is 17.2 Å². The molecular weight excluding hydrogens is 288 g/mol. The van der Waals surface area contributed by atoms with Crippen LogP contribution < -0.4 is 4.72 Å². The van der Waals surface area contributed by atoms with Gasteiger partial charge in [-0.05, 0) is 24.6 Å². The molecule has 0 aromatic heterocycles. The maximum absolute atomic E-state index is 12.3. The summed E-state index contributed by atoms with van der Waals surface area (Å²) in [4.78, 5) is 11.0. The molecule has 0 aliphatic heterocycles. The molecule has 110 valence electrons. The third kappa shape index (κ3) is 4.47. The van der Waals surface area contributed by atoms with Gasteiger partial charge in [-0.2, -0.15) is 0 Å². The summed E-state index contributed by atoms with van der Waals surface area (Å²) in [5.41, 5.74) is 1.82. The van der Waals surface area contributed by atoms with Gasteiger partial charge in [0.05, 0.1) is 4.90 Å². The molecule has 5 nitrogen and oxygen atoms in total. The van der Waals surface area contributed by atoms with Gasteiger partial charge in [0.1, 0.15) is 17.0 Å². The number of hydrogen-bond donors (Lipinski definition) is 1. The van der Waals surface area contributed by atoms with Gasteiger partial charge in [0, 0.05) is 4.92 Å². The van der Waals surface area contributed by atoms with E-state index < -0.39 is 22.0 Å². The summed E-state index contributed by atoms with van der Waals surface area (Å²) in [6, 6.07) is 15.7. The summed E-state index contributed by atoms with van der Waals surface area (Å²) in [5, 5.41) is 10.8. The lowest BCUT2D eigenvalue weighted by atomic mass is 10.1. The minimum Gasteiger partial charge on any atom is -0.264 e. The molecule has 0 saturated heterocycles. The second kappa shape index (κ2) is 7.10. The second-order valence-electron chi connectivity index (χ2n) is 4.68. The average molecular weight is 304 g/mol. The summed E-state index contributed by atoms with van der Waals surface area (Å²) in [6.07, 6.45) is 0. The van der Waals surface area contributed by atoms with Crippen LogP contribution in [0.2, 0.25) is 0 Å². The van der Waals surface area contributed by atoms with E-state index in [1.807, 2.05) is 25.1 Å². The van der Waals surface area contributed by atoms with E-state index in [0.717, 1.165) is 11.1 Å². The van der Waals surface area contributed by atoms with Crippen LogP contribution in [-0.2, 0) is 11.0 Å². The van der Waals surface area contributed by atoms with Crippen LogP contribution in [0.15, 0.2) is 59.5 Å². The molecule has 2 aromatic rings. The molecule has 21 heavy (non-hydrogen) atoms. The SMILES string of the molecule is Cc1ccc([S@@](=O)N[C@@H](C[N+](=O)[O-])c2ccccc2)cc1. The van der Waals surface area contributed by atoms with Crippen molar-refractivity contribution in [2.24, 2.45) is 0 Å². The quantitative estimate of drug-likeness (QED) is 0.658. The highest BCUT2D eigenvalue weighted by atomic mass is 32.2. The number of nitrogens with zero attached hydrogens (tertiary/aromatic N) is 1. The molecule has 0 amide bonds. The maximum Gasteiger partial charge on any atom is 0.224 e. The van der Waals surface area contributed by atoms with E-state index in [0.29, 0.717) is 4.90 Å². The maximum atomic E-state index is 12.3. The molecule has 2 aromatic carbocycles.